The zero-order chi connectivity index (χ0) is 13.8. The molecule has 2 rings (SSSR count). The molecule has 0 radical (unpaired) electrons. The van der Waals surface area contributed by atoms with Crippen molar-refractivity contribution in [3.8, 4) is 0 Å². The van der Waals surface area contributed by atoms with E-state index in [2.05, 4.69) is 20.6 Å². The number of aromatic nitrogens is 2. The van der Waals surface area contributed by atoms with E-state index in [1.807, 2.05) is 7.05 Å². The summed E-state index contributed by atoms with van der Waals surface area (Å²) < 4.78 is 4.96. The van der Waals surface area contributed by atoms with Gasteiger partial charge in [0, 0.05) is 19.0 Å². The second-order valence-electron chi connectivity index (χ2n) is 4.64. The summed E-state index contributed by atoms with van der Waals surface area (Å²) in [6.45, 7) is 3.93. The predicted octanol–water partition coefficient (Wildman–Crippen LogP) is 1.76. The molecular formula is C13H20N4O2. The van der Waals surface area contributed by atoms with Crippen LogP contribution < -0.4 is 10.6 Å². The van der Waals surface area contributed by atoms with Gasteiger partial charge in [0.1, 0.15) is 23.5 Å². The molecule has 6 heteroatoms. The summed E-state index contributed by atoms with van der Waals surface area (Å²) in [5.41, 5.74) is 0. The van der Waals surface area contributed by atoms with Crippen molar-refractivity contribution >= 4 is 17.6 Å². The molecule has 6 nitrogen and oxygen atoms in total. The molecule has 104 valence electrons. The first-order valence-electron chi connectivity index (χ1n) is 6.64. The minimum atomic E-state index is -0.424. The third-order valence-electron chi connectivity index (χ3n) is 2.95. The lowest BCUT2D eigenvalue weighted by molar-refractivity contribution is -0.143. The Morgan fingerprint density at radius 1 is 1.47 bits per heavy atom. The first-order chi connectivity index (χ1) is 9.13. The van der Waals surface area contributed by atoms with Gasteiger partial charge >= 0.3 is 5.97 Å². The van der Waals surface area contributed by atoms with Crippen LogP contribution >= 0.6 is 0 Å². The van der Waals surface area contributed by atoms with E-state index in [9.17, 15) is 4.79 Å². The number of hydrogen-bond acceptors (Lipinski definition) is 6. The second kappa shape index (κ2) is 5.86. The summed E-state index contributed by atoms with van der Waals surface area (Å²) in [5, 5.41) is 6.07. The molecule has 19 heavy (non-hydrogen) atoms. The van der Waals surface area contributed by atoms with Crippen LogP contribution in [-0.4, -0.2) is 35.6 Å². The van der Waals surface area contributed by atoms with Crippen LogP contribution in [0, 0.1) is 0 Å². The lowest BCUT2D eigenvalue weighted by atomic mass is 10.3. The van der Waals surface area contributed by atoms with Gasteiger partial charge in [0.25, 0.3) is 0 Å². The second-order valence-corrected chi connectivity index (χ2v) is 4.64. The fourth-order valence-electron chi connectivity index (χ4n) is 1.74. The summed E-state index contributed by atoms with van der Waals surface area (Å²) in [5.74, 6) is 2.44. The molecule has 1 fully saturated rings. The Hall–Kier alpha value is -1.85. The molecule has 0 amide bonds. The number of esters is 1. The lowest BCUT2D eigenvalue weighted by Crippen LogP contribution is -2.28. The van der Waals surface area contributed by atoms with Crippen LogP contribution in [0.2, 0.25) is 0 Å². The Labute approximate surface area is 113 Å². The lowest BCUT2D eigenvalue weighted by Gasteiger charge is -2.14. The average molecular weight is 264 g/mol. The minimum Gasteiger partial charge on any atom is -0.464 e. The number of nitrogens with zero attached hydrogens (tertiary/aromatic N) is 2. The standard InChI is InChI=1S/C13H20N4O2/c1-4-19-13(18)8(2)15-11-7-10(14-3)16-12(17-11)9-5-6-9/h7-9H,4-6H2,1-3H3,(H2,14,15,16,17). The summed E-state index contributed by atoms with van der Waals surface area (Å²) in [4.78, 5) is 20.5. The van der Waals surface area contributed by atoms with Gasteiger partial charge in [-0.2, -0.15) is 0 Å². The number of anilines is 2. The highest BCUT2D eigenvalue weighted by molar-refractivity contribution is 5.78. The quantitative estimate of drug-likeness (QED) is 0.762. The van der Waals surface area contributed by atoms with Crippen molar-refractivity contribution in [1.82, 2.24) is 9.97 Å². The summed E-state index contributed by atoms with van der Waals surface area (Å²) in [7, 11) is 1.82. The smallest absolute Gasteiger partial charge is 0.328 e. The zero-order valence-corrected chi connectivity index (χ0v) is 11.6. The highest BCUT2D eigenvalue weighted by Crippen LogP contribution is 2.38. The van der Waals surface area contributed by atoms with Crippen molar-refractivity contribution in [2.45, 2.75) is 38.6 Å². The first-order valence-corrected chi connectivity index (χ1v) is 6.64. The van der Waals surface area contributed by atoms with E-state index in [1.165, 1.54) is 0 Å². The molecule has 0 saturated heterocycles. The van der Waals surface area contributed by atoms with Crippen molar-refractivity contribution < 1.29 is 9.53 Å². The molecule has 1 aromatic rings. The molecule has 1 aliphatic rings. The van der Waals surface area contributed by atoms with Crippen LogP contribution in [0.5, 0.6) is 0 Å². The molecular weight excluding hydrogens is 244 g/mol. The molecule has 0 aromatic carbocycles. The SMILES string of the molecule is CCOC(=O)C(C)Nc1cc(NC)nc(C2CC2)n1. The summed E-state index contributed by atoms with van der Waals surface area (Å²) >= 11 is 0. The van der Waals surface area contributed by atoms with E-state index in [4.69, 9.17) is 4.74 Å². The first kappa shape index (κ1) is 13.6. The molecule has 1 unspecified atom stereocenters. The Balaban J connectivity index is 2.10. The van der Waals surface area contributed by atoms with Gasteiger partial charge in [-0.25, -0.2) is 14.8 Å². The van der Waals surface area contributed by atoms with Crippen molar-refractivity contribution in [1.29, 1.82) is 0 Å². The van der Waals surface area contributed by atoms with Crippen molar-refractivity contribution in [3.63, 3.8) is 0 Å². The van der Waals surface area contributed by atoms with Gasteiger partial charge < -0.3 is 15.4 Å². The molecule has 2 N–H and O–H groups in total. The molecule has 1 heterocycles. The molecule has 1 aliphatic carbocycles. The van der Waals surface area contributed by atoms with Crippen LogP contribution in [-0.2, 0) is 9.53 Å². The Bertz CT molecular complexity index is 460. The maximum absolute atomic E-state index is 11.6. The van der Waals surface area contributed by atoms with E-state index in [1.54, 1.807) is 19.9 Å². The number of ether oxygens (including phenoxy) is 1. The predicted molar refractivity (Wildman–Crippen MR) is 73.3 cm³/mol. The third-order valence-corrected chi connectivity index (χ3v) is 2.95. The monoisotopic (exact) mass is 264 g/mol. The maximum atomic E-state index is 11.6. The van der Waals surface area contributed by atoms with Crippen LogP contribution in [0.3, 0.4) is 0 Å². The Morgan fingerprint density at radius 3 is 2.74 bits per heavy atom. The maximum Gasteiger partial charge on any atom is 0.328 e. The Kier molecular flexibility index (Phi) is 4.19. The zero-order valence-electron chi connectivity index (χ0n) is 11.6. The number of carbonyl (C=O) groups excluding carboxylic acids is 1. The Morgan fingerprint density at radius 2 is 2.16 bits per heavy atom. The van der Waals surface area contributed by atoms with Gasteiger partial charge in [0.2, 0.25) is 0 Å². The van der Waals surface area contributed by atoms with E-state index >= 15 is 0 Å². The highest BCUT2D eigenvalue weighted by atomic mass is 16.5. The van der Waals surface area contributed by atoms with Crippen LogP contribution in [0.25, 0.3) is 0 Å². The number of nitrogens with one attached hydrogen (secondary N) is 2. The van der Waals surface area contributed by atoms with Gasteiger partial charge in [-0.1, -0.05) is 0 Å². The van der Waals surface area contributed by atoms with Crippen molar-refractivity contribution in [2.75, 3.05) is 24.3 Å². The number of rotatable bonds is 6. The van der Waals surface area contributed by atoms with Crippen LogP contribution in [0.4, 0.5) is 11.6 Å². The van der Waals surface area contributed by atoms with E-state index in [0.717, 1.165) is 24.5 Å². The number of carbonyl (C=O) groups is 1. The molecule has 0 aliphatic heterocycles. The minimum absolute atomic E-state index is 0.278. The molecule has 1 aromatic heterocycles. The van der Waals surface area contributed by atoms with E-state index in [-0.39, 0.29) is 5.97 Å². The van der Waals surface area contributed by atoms with Crippen LogP contribution in [0.1, 0.15) is 38.4 Å². The van der Waals surface area contributed by atoms with Crippen molar-refractivity contribution in [3.05, 3.63) is 11.9 Å². The average Bonchev–Trinajstić information content (AvgIpc) is 3.22. The fourth-order valence-corrected chi connectivity index (χ4v) is 1.74. The van der Waals surface area contributed by atoms with Crippen LogP contribution in [0.15, 0.2) is 6.07 Å². The fraction of sp³-hybridized carbons (Fsp3) is 0.615. The van der Waals surface area contributed by atoms with Gasteiger partial charge in [-0.3, -0.25) is 0 Å². The van der Waals surface area contributed by atoms with Gasteiger partial charge in [0.15, 0.2) is 0 Å². The molecule has 0 spiro atoms. The number of hydrogen-bond donors (Lipinski definition) is 2. The van der Waals surface area contributed by atoms with Gasteiger partial charge in [-0.15, -0.1) is 0 Å². The molecule has 0 bridgehead atoms. The third kappa shape index (κ3) is 3.56. The van der Waals surface area contributed by atoms with E-state index in [0.29, 0.717) is 18.3 Å². The normalized spacial score (nSPS) is 15.7. The largest absolute Gasteiger partial charge is 0.464 e. The van der Waals surface area contributed by atoms with Gasteiger partial charge in [0.05, 0.1) is 6.61 Å². The topological polar surface area (TPSA) is 76.1 Å². The molecule has 1 saturated carbocycles. The van der Waals surface area contributed by atoms with Gasteiger partial charge in [-0.05, 0) is 26.7 Å². The summed E-state index contributed by atoms with van der Waals surface area (Å²) in [6, 6.07) is 1.37. The summed E-state index contributed by atoms with van der Waals surface area (Å²) in [6.07, 6.45) is 2.28. The molecule has 1 atom stereocenters. The van der Waals surface area contributed by atoms with Crippen molar-refractivity contribution in [2.24, 2.45) is 0 Å². The van der Waals surface area contributed by atoms with E-state index < -0.39 is 6.04 Å². The highest BCUT2D eigenvalue weighted by Gasteiger charge is 2.27.